The van der Waals surface area contributed by atoms with Gasteiger partial charge in [-0.1, -0.05) is 43.1 Å². The number of phenolic OH excluding ortho intramolecular Hbond substituents is 1. The Hall–Kier alpha value is -3.76. The summed E-state index contributed by atoms with van der Waals surface area (Å²) in [5.74, 6) is 6.53. The number of dihydropyridines is 1. The van der Waals surface area contributed by atoms with Crippen molar-refractivity contribution in [1.29, 1.82) is 0 Å². The largest absolute Gasteiger partial charge is 0.504 e. The molecule has 0 amide bonds. The maximum atomic E-state index is 11.7. The van der Waals surface area contributed by atoms with Crippen LogP contribution in [0.25, 0.3) is 0 Å². The van der Waals surface area contributed by atoms with E-state index < -0.39 is 36.4 Å². The van der Waals surface area contributed by atoms with Gasteiger partial charge in [-0.05, 0) is 99.3 Å². The van der Waals surface area contributed by atoms with Gasteiger partial charge in [0, 0.05) is 67.7 Å². The van der Waals surface area contributed by atoms with Gasteiger partial charge in [0.25, 0.3) is 0 Å². The van der Waals surface area contributed by atoms with E-state index in [2.05, 4.69) is 40.5 Å². The normalized spacial score (nSPS) is 28.4. The molecule has 11 heteroatoms. The van der Waals surface area contributed by atoms with Crippen molar-refractivity contribution >= 4 is 0 Å². The molecule has 11 unspecified atom stereocenters. The van der Waals surface area contributed by atoms with Crippen LogP contribution in [-0.4, -0.2) is 91.9 Å². The molecule has 11 N–H and O–H groups in total. The molecule has 5 rings (SSSR count). The van der Waals surface area contributed by atoms with Crippen LogP contribution >= 0.6 is 0 Å². The number of H-pyrrole nitrogens is 1. The van der Waals surface area contributed by atoms with Crippen molar-refractivity contribution in [3.05, 3.63) is 83.5 Å². The van der Waals surface area contributed by atoms with Gasteiger partial charge >= 0.3 is 0 Å². The number of rotatable bonds is 15. The topological polar surface area (TPSA) is 196 Å². The van der Waals surface area contributed by atoms with E-state index in [-0.39, 0.29) is 54.2 Å². The monoisotopic (exact) mass is 732 g/mol. The Balaban J connectivity index is 1.38. The first-order chi connectivity index (χ1) is 25.5. The van der Waals surface area contributed by atoms with Gasteiger partial charge in [-0.15, -0.1) is 0 Å². The third-order valence-electron chi connectivity index (χ3n) is 11.0. The molecule has 0 fully saturated rings. The highest BCUT2D eigenvalue weighted by molar-refractivity contribution is 5.44. The Labute approximate surface area is 314 Å². The average Bonchev–Trinajstić information content (AvgIpc) is 3.59. The van der Waals surface area contributed by atoms with Crippen molar-refractivity contribution in [1.82, 2.24) is 15.6 Å². The molecule has 2 aromatic rings. The van der Waals surface area contributed by atoms with Crippen LogP contribution in [0.5, 0.6) is 11.5 Å². The highest BCUT2D eigenvalue weighted by atomic mass is 16.5. The van der Waals surface area contributed by atoms with Crippen molar-refractivity contribution in [3.8, 4) is 23.3 Å². The number of ether oxygens (including phenoxy) is 1. The van der Waals surface area contributed by atoms with E-state index in [9.17, 15) is 30.6 Å². The Morgan fingerprint density at radius 1 is 1.08 bits per heavy atom. The predicted molar refractivity (Wildman–Crippen MR) is 206 cm³/mol. The van der Waals surface area contributed by atoms with E-state index in [0.29, 0.717) is 51.0 Å². The first kappa shape index (κ1) is 40.4. The number of aromatic nitrogens is 1. The van der Waals surface area contributed by atoms with Crippen molar-refractivity contribution < 1.29 is 35.4 Å². The minimum absolute atomic E-state index is 0.0842. The van der Waals surface area contributed by atoms with Gasteiger partial charge in [-0.3, -0.25) is 0 Å². The van der Waals surface area contributed by atoms with Gasteiger partial charge in [0.15, 0.2) is 11.5 Å². The van der Waals surface area contributed by atoms with Gasteiger partial charge in [0.05, 0.1) is 30.2 Å². The molecule has 2 heterocycles. The highest BCUT2D eigenvalue weighted by Gasteiger charge is 2.37. The number of aromatic amines is 1. The summed E-state index contributed by atoms with van der Waals surface area (Å²) in [6.45, 7) is 4.70. The molecule has 0 spiro atoms. The minimum atomic E-state index is -1.02. The molecule has 290 valence electrons. The lowest BCUT2D eigenvalue weighted by Crippen LogP contribution is -2.40. The number of aromatic hydroxyl groups is 1. The highest BCUT2D eigenvalue weighted by Crippen LogP contribution is 2.40. The number of nitrogens with one attached hydrogen (secondary N) is 3. The first-order valence-electron chi connectivity index (χ1n) is 19.3. The van der Waals surface area contributed by atoms with Gasteiger partial charge in [-0.25, -0.2) is 0 Å². The van der Waals surface area contributed by atoms with E-state index in [0.717, 1.165) is 29.7 Å². The van der Waals surface area contributed by atoms with E-state index >= 15 is 0 Å². The second-order valence-corrected chi connectivity index (χ2v) is 15.1. The number of aliphatic hydroxyl groups excluding tert-OH is 5. The molecular weight excluding hydrogens is 672 g/mol. The summed E-state index contributed by atoms with van der Waals surface area (Å²) in [4.78, 5) is 3.27. The molecule has 1 aromatic carbocycles. The SMILES string of the molecule is CCC1C#CC2C=CC(c3ccc(O)c(OC(CC(Cc4ccc[nH]4)C4=CCNC(N)=C4)C(O)CCO)c3)CC(O)C2C(O)CCC(NCC(C)O)C1. The van der Waals surface area contributed by atoms with Gasteiger partial charge < -0.3 is 56.7 Å². The maximum absolute atomic E-state index is 11.7. The van der Waals surface area contributed by atoms with Crippen LogP contribution in [0, 0.1) is 35.5 Å². The third kappa shape index (κ3) is 11.4. The van der Waals surface area contributed by atoms with Crippen LogP contribution in [0.3, 0.4) is 0 Å². The zero-order chi connectivity index (χ0) is 37.9. The average molecular weight is 733 g/mol. The number of hydrogen-bond donors (Lipinski definition) is 10. The second-order valence-electron chi connectivity index (χ2n) is 15.1. The Morgan fingerprint density at radius 2 is 1.91 bits per heavy atom. The molecule has 1 aliphatic heterocycles. The molecule has 2 aliphatic carbocycles. The summed E-state index contributed by atoms with van der Waals surface area (Å²) in [5, 5.41) is 71.7. The molecule has 0 radical (unpaired) electrons. The molecule has 3 aliphatic rings. The Morgan fingerprint density at radius 3 is 2.62 bits per heavy atom. The summed E-state index contributed by atoms with van der Waals surface area (Å²) in [7, 11) is 0. The van der Waals surface area contributed by atoms with E-state index in [4.69, 9.17) is 10.5 Å². The zero-order valence-electron chi connectivity index (χ0n) is 31.1. The smallest absolute Gasteiger partial charge is 0.161 e. The molecular formula is C42H60N4O7. The number of benzene rings is 1. The number of nitrogens with two attached hydrogens (primary N) is 1. The predicted octanol–water partition coefficient (Wildman–Crippen LogP) is 3.34. The molecule has 53 heavy (non-hydrogen) atoms. The van der Waals surface area contributed by atoms with Gasteiger partial charge in [0.2, 0.25) is 0 Å². The second kappa shape index (κ2) is 19.5. The van der Waals surface area contributed by atoms with Gasteiger partial charge in [-0.2, -0.15) is 0 Å². The number of aliphatic hydroxyl groups is 5. The van der Waals surface area contributed by atoms with E-state index in [1.165, 1.54) is 0 Å². The standard InChI is InChI=1S/C42H60N4O7/c1-3-27-6-7-28-8-9-29(21-38(52)42(28)37(51)13-11-34(19-27)46-25-26(2)48)30-10-12-35(49)39(22-30)53-40(36(50)15-18-47)23-32(20-33-5-4-16-44-33)31-14-17-45-41(43)24-31/h4-5,8-10,12,14,16,22,24,26-29,32,34,36-38,40,42,44-52H,3,11,13,15,17-21,23,25,43H2,1-2H3. The number of phenols is 1. The van der Waals surface area contributed by atoms with Crippen molar-refractivity contribution in [2.45, 2.75) is 108 Å². The lowest BCUT2D eigenvalue weighted by Gasteiger charge is -2.32. The fourth-order valence-corrected chi connectivity index (χ4v) is 7.95. The maximum Gasteiger partial charge on any atom is 0.161 e. The lowest BCUT2D eigenvalue weighted by molar-refractivity contribution is -0.00827. The fourth-order valence-electron chi connectivity index (χ4n) is 7.95. The minimum Gasteiger partial charge on any atom is -0.504 e. The Kier molecular flexibility index (Phi) is 14.9. The summed E-state index contributed by atoms with van der Waals surface area (Å²) >= 11 is 0. The molecule has 1 aromatic heterocycles. The molecule has 11 nitrogen and oxygen atoms in total. The quantitative estimate of drug-likeness (QED) is 0.0959. The third-order valence-corrected chi connectivity index (χ3v) is 11.0. The lowest BCUT2D eigenvalue weighted by atomic mass is 9.78. The van der Waals surface area contributed by atoms with Crippen LogP contribution in [0.2, 0.25) is 0 Å². The number of fused-ring (bicyclic) bond motifs is 1. The Bertz CT molecular complexity index is 1600. The van der Waals surface area contributed by atoms with Crippen LogP contribution < -0.4 is 21.1 Å². The zero-order valence-corrected chi connectivity index (χ0v) is 31.1. The summed E-state index contributed by atoms with van der Waals surface area (Å²) < 4.78 is 6.47. The number of allylic oxidation sites excluding steroid dienone is 4. The summed E-state index contributed by atoms with van der Waals surface area (Å²) in [6.07, 6.45) is 10.4. The van der Waals surface area contributed by atoms with E-state index in [1.54, 1.807) is 19.1 Å². The van der Waals surface area contributed by atoms with Gasteiger partial charge in [0.1, 0.15) is 6.10 Å². The van der Waals surface area contributed by atoms with Crippen molar-refractivity contribution in [2.24, 2.45) is 29.4 Å². The van der Waals surface area contributed by atoms with Crippen LogP contribution in [0.1, 0.15) is 76.0 Å². The van der Waals surface area contributed by atoms with Crippen LogP contribution in [-0.2, 0) is 6.42 Å². The molecule has 11 atom stereocenters. The number of hydrogen-bond acceptors (Lipinski definition) is 10. The molecule has 0 saturated heterocycles. The van der Waals surface area contributed by atoms with Crippen molar-refractivity contribution in [2.75, 3.05) is 19.7 Å². The summed E-state index contributed by atoms with van der Waals surface area (Å²) in [5.41, 5.74) is 8.98. The van der Waals surface area contributed by atoms with Crippen LogP contribution in [0.15, 0.2) is 72.2 Å². The first-order valence-corrected chi connectivity index (χ1v) is 19.3. The summed E-state index contributed by atoms with van der Waals surface area (Å²) in [6, 6.07) is 9.18. The van der Waals surface area contributed by atoms with Crippen molar-refractivity contribution in [3.63, 3.8) is 0 Å². The van der Waals surface area contributed by atoms with Crippen LogP contribution in [0.4, 0.5) is 0 Å². The molecule has 0 bridgehead atoms. The molecule has 0 saturated carbocycles. The fraction of sp³-hybridized carbons (Fsp3) is 0.571. The van der Waals surface area contributed by atoms with E-state index in [1.807, 2.05) is 42.6 Å².